The zero-order valence-corrected chi connectivity index (χ0v) is 19.1. The number of rotatable bonds is 7. The summed E-state index contributed by atoms with van der Waals surface area (Å²) in [5.41, 5.74) is 4.51. The predicted molar refractivity (Wildman–Crippen MR) is 127 cm³/mol. The zero-order valence-electron chi connectivity index (χ0n) is 17.5. The van der Waals surface area contributed by atoms with Gasteiger partial charge in [-0.05, 0) is 55.3 Å². The smallest absolute Gasteiger partial charge is 0.234 e. The largest absolute Gasteiger partial charge is 0.497 e. The number of thiazole rings is 1. The number of amides is 1. The number of nitrogens with one attached hydrogen (secondary N) is 1. The van der Waals surface area contributed by atoms with Crippen LogP contribution in [0.3, 0.4) is 0 Å². The maximum absolute atomic E-state index is 12.5. The quantitative estimate of drug-likeness (QED) is 0.382. The maximum Gasteiger partial charge on any atom is 0.234 e. The number of anilines is 1. The molecule has 0 spiro atoms. The Morgan fingerprint density at radius 1 is 1.16 bits per heavy atom. The van der Waals surface area contributed by atoms with Gasteiger partial charge in [0, 0.05) is 11.3 Å². The first-order chi connectivity index (χ1) is 15.1. The number of hydrogen-bond donors (Lipinski definition) is 1. The summed E-state index contributed by atoms with van der Waals surface area (Å²) in [6.45, 7) is 4.05. The third-order valence-electron chi connectivity index (χ3n) is 4.71. The SMILES string of the molecule is CCc1cccc(NC(=O)CSc2nnc(-c3ccc(OC)cc3)c3sc(C)nc23)c1. The van der Waals surface area contributed by atoms with Crippen LogP contribution in [0.1, 0.15) is 17.5 Å². The van der Waals surface area contributed by atoms with Crippen LogP contribution in [0.4, 0.5) is 5.69 Å². The molecule has 2 aromatic carbocycles. The predicted octanol–water partition coefficient (Wildman–Crippen LogP) is 5.36. The number of thioether (sulfide) groups is 1. The Morgan fingerprint density at radius 3 is 2.71 bits per heavy atom. The minimum Gasteiger partial charge on any atom is -0.497 e. The van der Waals surface area contributed by atoms with Crippen LogP contribution >= 0.6 is 23.1 Å². The van der Waals surface area contributed by atoms with Crippen molar-refractivity contribution in [3.8, 4) is 17.0 Å². The fourth-order valence-corrected chi connectivity index (χ4v) is 4.87. The van der Waals surface area contributed by atoms with Crippen molar-refractivity contribution in [1.82, 2.24) is 15.2 Å². The Bertz CT molecular complexity index is 1220. The monoisotopic (exact) mass is 450 g/mol. The zero-order chi connectivity index (χ0) is 21.8. The number of benzene rings is 2. The maximum atomic E-state index is 12.5. The molecule has 8 heteroatoms. The lowest BCUT2D eigenvalue weighted by Crippen LogP contribution is -2.14. The molecule has 31 heavy (non-hydrogen) atoms. The fraction of sp³-hybridized carbons (Fsp3) is 0.217. The number of ether oxygens (including phenoxy) is 1. The molecule has 0 aliphatic heterocycles. The molecule has 0 aliphatic rings. The molecule has 1 amide bonds. The van der Waals surface area contributed by atoms with E-state index < -0.39 is 0 Å². The normalized spacial score (nSPS) is 10.9. The van der Waals surface area contributed by atoms with Crippen LogP contribution in [0.5, 0.6) is 5.75 Å². The summed E-state index contributed by atoms with van der Waals surface area (Å²) in [6, 6.07) is 15.6. The summed E-state index contributed by atoms with van der Waals surface area (Å²) in [5, 5.41) is 13.4. The molecule has 4 aromatic rings. The molecule has 0 unspecified atom stereocenters. The number of hydrogen-bond acceptors (Lipinski definition) is 7. The molecule has 6 nitrogen and oxygen atoms in total. The highest BCUT2D eigenvalue weighted by atomic mass is 32.2. The highest BCUT2D eigenvalue weighted by molar-refractivity contribution is 8.00. The van der Waals surface area contributed by atoms with Gasteiger partial charge in [0.1, 0.15) is 22.0 Å². The van der Waals surface area contributed by atoms with Gasteiger partial charge >= 0.3 is 0 Å². The number of nitrogens with zero attached hydrogens (tertiary/aromatic N) is 3. The summed E-state index contributed by atoms with van der Waals surface area (Å²) in [6.07, 6.45) is 0.926. The van der Waals surface area contributed by atoms with E-state index in [-0.39, 0.29) is 11.7 Å². The lowest BCUT2D eigenvalue weighted by Gasteiger charge is -2.08. The third kappa shape index (κ3) is 4.86. The minimum atomic E-state index is -0.0839. The lowest BCUT2D eigenvalue weighted by atomic mass is 10.1. The number of aryl methyl sites for hydroxylation is 2. The van der Waals surface area contributed by atoms with Crippen molar-refractivity contribution < 1.29 is 9.53 Å². The number of carbonyl (C=O) groups excluding carboxylic acids is 1. The van der Waals surface area contributed by atoms with E-state index in [1.807, 2.05) is 55.5 Å². The highest BCUT2D eigenvalue weighted by Crippen LogP contribution is 2.35. The van der Waals surface area contributed by atoms with E-state index in [1.165, 1.54) is 17.3 Å². The molecule has 2 aromatic heterocycles. The second-order valence-electron chi connectivity index (χ2n) is 6.88. The first-order valence-corrected chi connectivity index (χ1v) is 11.7. The Morgan fingerprint density at radius 2 is 1.97 bits per heavy atom. The number of carbonyl (C=O) groups is 1. The third-order valence-corrected chi connectivity index (χ3v) is 6.65. The van der Waals surface area contributed by atoms with Gasteiger partial charge in [-0.2, -0.15) is 0 Å². The Kier molecular flexibility index (Phi) is 6.48. The molecule has 0 aliphatic carbocycles. The lowest BCUT2D eigenvalue weighted by molar-refractivity contribution is -0.113. The summed E-state index contributed by atoms with van der Waals surface area (Å²) in [4.78, 5) is 17.1. The Hall–Kier alpha value is -2.97. The van der Waals surface area contributed by atoms with E-state index in [0.717, 1.165) is 44.3 Å². The van der Waals surface area contributed by atoms with Crippen molar-refractivity contribution in [2.24, 2.45) is 0 Å². The van der Waals surface area contributed by atoms with Crippen molar-refractivity contribution in [2.75, 3.05) is 18.2 Å². The number of methoxy groups -OCH3 is 1. The molecule has 4 rings (SSSR count). The van der Waals surface area contributed by atoms with Gasteiger partial charge < -0.3 is 10.1 Å². The van der Waals surface area contributed by atoms with Crippen molar-refractivity contribution in [2.45, 2.75) is 25.3 Å². The second-order valence-corrected chi connectivity index (χ2v) is 9.05. The van der Waals surface area contributed by atoms with Gasteiger partial charge in [0.2, 0.25) is 5.91 Å². The van der Waals surface area contributed by atoms with Crippen molar-refractivity contribution in [3.63, 3.8) is 0 Å². The van der Waals surface area contributed by atoms with Gasteiger partial charge in [0.15, 0.2) is 0 Å². The average molecular weight is 451 g/mol. The standard InChI is InChI=1S/C23H22N4O2S2/c1-4-15-6-5-7-17(12-15)25-19(28)13-30-23-21-22(31-14(2)24-21)20(26-27-23)16-8-10-18(29-3)11-9-16/h5-12H,4,13H2,1-3H3,(H,25,28). The molecular formula is C23H22N4O2S2. The summed E-state index contributed by atoms with van der Waals surface area (Å²) >= 11 is 2.93. The molecule has 0 saturated carbocycles. The van der Waals surface area contributed by atoms with Crippen LogP contribution in [0, 0.1) is 6.92 Å². The minimum absolute atomic E-state index is 0.0839. The second kappa shape index (κ2) is 9.45. The van der Waals surface area contributed by atoms with Crippen LogP contribution in [-0.2, 0) is 11.2 Å². The number of aromatic nitrogens is 3. The molecule has 0 radical (unpaired) electrons. The van der Waals surface area contributed by atoms with E-state index in [2.05, 4.69) is 27.4 Å². The van der Waals surface area contributed by atoms with E-state index in [9.17, 15) is 4.79 Å². The van der Waals surface area contributed by atoms with Crippen LogP contribution in [-0.4, -0.2) is 34.0 Å². The van der Waals surface area contributed by atoms with Crippen molar-refractivity contribution in [3.05, 3.63) is 59.1 Å². The van der Waals surface area contributed by atoms with E-state index >= 15 is 0 Å². The van der Waals surface area contributed by atoms with Crippen LogP contribution in [0.15, 0.2) is 53.6 Å². The average Bonchev–Trinajstić information content (AvgIpc) is 3.19. The van der Waals surface area contributed by atoms with Gasteiger partial charge in [-0.1, -0.05) is 30.8 Å². The summed E-state index contributed by atoms with van der Waals surface area (Å²) in [7, 11) is 1.64. The number of fused-ring (bicyclic) bond motifs is 1. The summed E-state index contributed by atoms with van der Waals surface area (Å²) < 4.78 is 6.21. The first kappa shape index (κ1) is 21.3. The van der Waals surface area contributed by atoms with Gasteiger partial charge in [-0.25, -0.2) is 4.98 Å². The molecule has 1 N–H and O–H groups in total. The molecular weight excluding hydrogens is 428 g/mol. The van der Waals surface area contributed by atoms with Crippen molar-refractivity contribution >= 4 is 44.9 Å². The molecule has 0 saturated heterocycles. The van der Waals surface area contributed by atoms with E-state index in [1.54, 1.807) is 18.4 Å². The molecule has 0 bridgehead atoms. The molecule has 2 heterocycles. The van der Waals surface area contributed by atoms with Gasteiger partial charge in [-0.15, -0.1) is 21.5 Å². The summed E-state index contributed by atoms with van der Waals surface area (Å²) in [5.74, 6) is 0.939. The van der Waals surface area contributed by atoms with Crippen LogP contribution in [0.25, 0.3) is 21.5 Å². The first-order valence-electron chi connectivity index (χ1n) is 9.87. The van der Waals surface area contributed by atoms with Crippen LogP contribution < -0.4 is 10.1 Å². The van der Waals surface area contributed by atoms with E-state index in [0.29, 0.717) is 5.03 Å². The molecule has 0 fully saturated rings. The molecule has 158 valence electrons. The molecule has 0 atom stereocenters. The van der Waals surface area contributed by atoms with Gasteiger partial charge in [0.05, 0.1) is 22.6 Å². The fourth-order valence-electron chi connectivity index (χ4n) is 3.16. The van der Waals surface area contributed by atoms with E-state index in [4.69, 9.17) is 4.74 Å². The van der Waals surface area contributed by atoms with Gasteiger partial charge in [0.25, 0.3) is 0 Å². The Labute approximate surface area is 189 Å². The van der Waals surface area contributed by atoms with Crippen molar-refractivity contribution in [1.29, 1.82) is 0 Å². The topological polar surface area (TPSA) is 77.0 Å². The Balaban J connectivity index is 1.53. The van der Waals surface area contributed by atoms with Crippen LogP contribution in [0.2, 0.25) is 0 Å². The van der Waals surface area contributed by atoms with Gasteiger partial charge in [-0.3, -0.25) is 4.79 Å². The highest BCUT2D eigenvalue weighted by Gasteiger charge is 2.17.